The molecule has 1 fully saturated rings. The van der Waals surface area contributed by atoms with Gasteiger partial charge in [0.25, 0.3) is 5.91 Å². The predicted molar refractivity (Wildman–Crippen MR) is 85.0 cm³/mol. The average Bonchev–Trinajstić information content (AvgIpc) is 2.97. The summed E-state index contributed by atoms with van der Waals surface area (Å²) in [6.45, 7) is 0.898. The maximum absolute atomic E-state index is 12.2. The van der Waals surface area contributed by atoms with E-state index >= 15 is 0 Å². The van der Waals surface area contributed by atoms with Crippen LogP contribution in [-0.2, 0) is 4.79 Å². The van der Waals surface area contributed by atoms with Gasteiger partial charge in [-0.15, -0.1) is 0 Å². The van der Waals surface area contributed by atoms with E-state index in [1.54, 1.807) is 29.2 Å². The Morgan fingerprint density at radius 3 is 2.57 bits per heavy atom. The topological polar surface area (TPSA) is 129 Å². The van der Waals surface area contributed by atoms with Crippen molar-refractivity contribution in [2.24, 2.45) is 15.9 Å². The van der Waals surface area contributed by atoms with E-state index in [9.17, 15) is 14.7 Å². The number of carboxylic acids is 1. The zero-order valence-electron chi connectivity index (χ0n) is 12.4. The van der Waals surface area contributed by atoms with Crippen molar-refractivity contribution in [1.29, 1.82) is 0 Å². The van der Waals surface area contributed by atoms with Crippen LogP contribution in [0.3, 0.4) is 0 Å². The van der Waals surface area contributed by atoms with Gasteiger partial charge in [-0.25, -0.2) is 0 Å². The molecule has 1 atom stereocenters. The fourth-order valence-electron chi connectivity index (χ4n) is 2.23. The van der Waals surface area contributed by atoms with Crippen LogP contribution in [0.15, 0.2) is 34.4 Å². The summed E-state index contributed by atoms with van der Waals surface area (Å²) in [4.78, 5) is 28.5. The van der Waals surface area contributed by atoms with Crippen LogP contribution in [0, 0.1) is 0 Å². The van der Waals surface area contributed by atoms with Crippen molar-refractivity contribution in [3.8, 4) is 0 Å². The normalized spacial score (nSPS) is 18.6. The van der Waals surface area contributed by atoms with Crippen LogP contribution in [0.4, 0.5) is 5.69 Å². The number of hydrazone groups is 1. The van der Waals surface area contributed by atoms with E-state index in [1.807, 2.05) is 0 Å². The van der Waals surface area contributed by atoms with Gasteiger partial charge in [0.05, 0.1) is 30.1 Å². The first-order valence-corrected chi connectivity index (χ1v) is 7.09. The third-order valence-electron chi connectivity index (χ3n) is 3.43. The molecule has 0 unspecified atom stereocenters. The van der Waals surface area contributed by atoms with Crippen molar-refractivity contribution in [3.63, 3.8) is 0 Å². The maximum Gasteiger partial charge on any atom is 0.309 e. The zero-order valence-corrected chi connectivity index (χ0v) is 12.4. The molecule has 1 amide bonds. The summed E-state index contributed by atoms with van der Waals surface area (Å²) in [6, 6.07) is 6.56. The van der Waals surface area contributed by atoms with E-state index in [-0.39, 0.29) is 18.0 Å². The monoisotopic (exact) mass is 318 g/mol. The largest absolute Gasteiger partial charge is 0.481 e. The van der Waals surface area contributed by atoms with Crippen molar-refractivity contribution in [2.75, 3.05) is 13.1 Å². The van der Waals surface area contributed by atoms with Gasteiger partial charge >= 0.3 is 5.97 Å². The first kappa shape index (κ1) is 16.6. The number of aliphatic carboxylic acids is 1. The van der Waals surface area contributed by atoms with Gasteiger partial charge in [-0.05, 0) is 30.7 Å². The number of hydrogen-bond acceptors (Lipinski definition) is 6. The SMILES string of the molecule is NN=C(C=Nc1ccc(C(=O)N2CC[C@@H](O)C2)cc1)CC(=O)O. The number of rotatable bonds is 5. The van der Waals surface area contributed by atoms with Gasteiger partial charge in [0.15, 0.2) is 0 Å². The second-order valence-electron chi connectivity index (χ2n) is 5.19. The quantitative estimate of drug-likeness (QED) is 0.411. The van der Waals surface area contributed by atoms with Crippen molar-refractivity contribution in [3.05, 3.63) is 29.8 Å². The summed E-state index contributed by atoms with van der Waals surface area (Å²) in [5.74, 6) is 3.91. The highest BCUT2D eigenvalue weighted by molar-refractivity contribution is 6.34. The third-order valence-corrected chi connectivity index (χ3v) is 3.43. The molecule has 23 heavy (non-hydrogen) atoms. The molecule has 0 bridgehead atoms. The Morgan fingerprint density at radius 1 is 1.35 bits per heavy atom. The molecule has 1 aromatic carbocycles. The molecule has 4 N–H and O–H groups in total. The highest BCUT2D eigenvalue weighted by atomic mass is 16.4. The molecule has 2 rings (SSSR count). The highest BCUT2D eigenvalue weighted by Crippen LogP contribution is 2.17. The van der Waals surface area contributed by atoms with Gasteiger partial charge < -0.3 is 21.0 Å². The molecule has 122 valence electrons. The summed E-state index contributed by atoms with van der Waals surface area (Å²) >= 11 is 0. The Labute approximate surface area is 132 Å². The van der Waals surface area contributed by atoms with Crippen LogP contribution in [0.5, 0.6) is 0 Å². The second kappa shape index (κ2) is 7.50. The standard InChI is InChI=1S/C15H18N4O4/c16-18-12(7-14(21)22)8-17-11-3-1-10(2-4-11)15(23)19-6-5-13(20)9-19/h1-4,8,13,20H,5-7,9,16H2,(H,21,22)/t13-/m1/s1. The van der Waals surface area contributed by atoms with E-state index in [2.05, 4.69) is 10.1 Å². The zero-order chi connectivity index (χ0) is 16.8. The molecule has 8 heteroatoms. The van der Waals surface area contributed by atoms with Crippen molar-refractivity contribution in [2.45, 2.75) is 18.9 Å². The number of likely N-dealkylation sites (tertiary alicyclic amines) is 1. The van der Waals surface area contributed by atoms with Gasteiger partial charge in [-0.1, -0.05) is 0 Å². The molecule has 0 saturated carbocycles. The van der Waals surface area contributed by atoms with Gasteiger partial charge in [0.1, 0.15) is 0 Å². The lowest BCUT2D eigenvalue weighted by molar-refractivity contribution is -0.135. The number of carbonyl (C=O) groups excluding carboxylic acids is 1. The number of nitrogens with zero attached hydrogens (tertiary/aromatic N) is 3. The van der Waals surface area contributed by atoms with E-state index in [0.717, 1.165) is 0 Å². The van der Waals surface area contributed by atoms with Crippen molar-refractivity contribution in [1.82, 2.24) is 4.90 Å². The number of aliphatic hydroxyl groups is 1. The molecule has 1 heterocycles. The van der Waals surface area contributed by atoms with E-state index in [1.165, 1.54) is 6.21 Å². The number of amides is 1. The number of nitrogens with two attached hydrogens (primary N) is 1. The van der Waals surface area contributed by atoms with Gasteiger partial charge in [-0.3, -0.25) is 14.6 Å². The fraction of sp³-hybridized carbons (Fsp3) is 0.333. The summed E-state index contributed by atoms with van der Waals surface area (Å²) < 4.78 is 0. The Hall–Kier alpha value is -2.74. The number of aliphatic imine (C=N–C) groups is 1. The average molecular weight is 318 g/mol. The lowest BCUT2D eigenvalue weighted by Crippen LogP contribution is -2.29. The molecule has 1 aliphatic heterocycles. The van der Waals surface area contributed by atoms with Crippen LogP contribution in [0.1, 0.15) is 23.2 Å². The molecular formula is C15H18N4O4. The molecule has 1 aliphatic rings. The highest BCUT2D eigenvalue weighted by Gasteiger charge is 2.25. The van der Waals surface area contributed by atoms with Crippen LogP contribution in [0.25, 0.3) is 0 Å². The fourth-order valence-corrected chi connectivity index (χ4v) is 2.23. The number of carboxylic acid groups (broad SMARTS) is 1. The lowest BCUT2D eigenvalue weighted by atomic mass is 10.2. The Kier molecular flexibility index (Phi) is 5.42. The summed E-state index contributed by atoms with van der Waals surface area (Å²) in [5.41, 5.74) is 1.20. The van der Waals surface area contributed by atoms with Gasteiger partial charge in [0.2, 0.25) is 0 Å². The van der Waals surface area contributed by atoms with E-state index in [4.69, 9.17) is 10.9 Å². The Balaban J connectivity index is 2.02. The molecule has 8 nitrogen and oxygen atoms in total. The van der Waals surface area contributed by atoms with Gasteiger partial charge in [-0.2, -0.15) is 5.10 Å². The number of carbonyl (C=O) groups is 2. The molecule has 1 saturated heterocycles. The molecule has 0 spiro atoms. The first-order valence-electron chi connectivity index (χ1n) is 7.09. The molecule has 0 aromatic heterocycles. The van der Waals surface area contributed by atoms with E-state index in [0.29, 0.717) is 30.8 Å². The molecular weight excluding hydrogens is 300 g/mol. The first-order chi connectivity index (χ1) is 11.0. The number of β-amino-alcohol motifs (C(OH)–C–C–N with tert-alkyl or cyclic N) is 1. The van der Waals surface area contributed by atoms with Gasteiger partial charge in [0, 0.05) is 18.7 Å². The number of aliphatic hydroxyl groups excluding tert-OH is 1. The number of benzene rings is 1. The summed E-state index contributed by atoms with van der Waals surface area (Å²) in [6.07, 6.45) is 1.11. The Bertz CT molecular complexity index is 639. The smallest absolute Gasteiger partial charge is 0.309 e. The molecule has 0 radical (unpaired) electrons. The van der Waals surface area contributed by atoms with Crippen LogP contribution in [-0.4, -0.2) is 58.1 Å². The van der Waals surface area contributed by atoms with Crippen LogP contribution in [0.2, 0.25) is 0 Å². The van der Waals surface area contributed by atoms with E-state index < -0.39 is 12.1 Å². The summed E-state index contributed by atoms with van der Waals surface area (Å²) in [5, 5.41) is 21.5. The molecule has 0 aliphatic carbocycles. The van der Waals surface area contributed by atoms with Crippen LogP contribution >= 0.6 is 0 Å². The number of hydrogen-bond donors (Lipinski definition) is 3. The third kappa shape index (κ3) is 4.62. The Morgan fingerprint density at radius 2 is 2.04 bits per heavy atom. The van der Waals surface area contributed by atoms with Crippen molar-refractivity contribution >= 4 is 29.5 Å². The minimum atomic E-state index is -1.05. The molecule has 1 aromatic rings. The van der Waals surface area contributed by atoms with Crippen molar-refractivity contribution < 1.29 is 19.8 Å². The minimum Gasteiger partial charge on any atom is -0.481 e. The minimum absolute atomic E-state index is 0.132. The van der Waals surface area contributed by atoms with Crippen LogP contribution < -0.4 is 5.84 Å². The maximum atomic E-state index is 12.2. The predicted octanol–water partition coefficient (Wildman–Crippen LogP) is 0.385. The lowest BCUT2D eigenvalue weighted by Gasteiger charge is -2.15. The second-order valence-corrected chi connectivity index (χ2v) is 5.19. The summed E-state index contributed by atoms with van der Waals surface area (Å²) in [7, 11) is 0.